The Bertz CT molecular complexity index is 2980. The number of alkyl carbamates (subject to hydrolysis) is 1. The first kappa shape index (κ1) is 50.4. The lowest BCUT2D eigenvalue weighted by atomic mass is 9.84. The van der Waals surface area contributed by atoms with Gasteiger partial charge in [-0.25, -0.2) is 9.59 Å². The van der Waals surface area contributed by atoms with Gasteiger partial charge < -0.3 is 20.5 Å². The van der Waals surface area contributed by atoms with Gasteiger partial charge in [0.25, 0.3) is 0 Å². The minimum absolute atomic E-state index is 0.0139. The van der Waals surface area contributed by atoms with E-state index in [2.05, 4.69) is 174 Å². The number of carbonyl (C=O) groups is 3. The molecule has 0 spiro atoms. The Hall–Kier alpha value is -8.11. The summed E-state index contributed by atoms with van der Waals surface area (Å²) < 4.78 is 4.53. The Morgan fingerprint density at radius 3 is 1.16 bits per heavy atom. The van der Waals surface area contributed by atoms with Crippen LogP contribution in [0.25, 0.3) is 11.1 Å². The molecule has 7 nitrogen and oxygen atoms in total. The number of amides is 2. The summed E-state index contributed by atoms with van der Waals surface area (Å²) in [7, 11) is 0. The number of carbonyl (C=O) groups excluding carboxylic acids is 2. The molecule has 0 saturated carbocycles. The molecule has 0 fully saturated rings. The molecule has 0 aromatic heterocycles. The van der Waals surface area contributed by atoms with Crippen LogP contribution in [0.1, 0.15) is 73.5 Å². The number of carboxylic acid groups (broad SMARTS) is 1. The minimum atomic E-state index is -1.51. The van der Waals surface area contributed by atoms with Gasteiger partial charge >= 0.3 is 12.1 Å². The molecule has 9 aromatic rings. The minimum Gasteiger partial charge on any atom is -0.480 e. The second kappa shape index (κ2) is 23.4. The van der Waals surface area contributed by atoms with E-state index in [1.807, 2.05) is 108 Å². The third-order valence-electron chi connectivity index (χ3n) is 13.9. The van der Waals surface area contributed by atoms with Gasteiger partial charge in [0.15, 0.2) is 0 Å². The second-order valence-corrected chi connectivity index (χ2v) is 21.0. The zero-order valence-electron chi connectivity index (χ0n) is 41.3. The quantitative estimate of drug-likeness (QED) is 0.0653. The maximum atomic E-state index is 13.8. The number of thioether (sulfide) groups is 2. The summed E-state index contributed by atoms with van der Waals surface area (Å²) in [6.07, 6.45) is -1.39. The SMILES string of the molecule is O=C(C[C@H](NC(=O)OCC1c2ccccc2-c2ccccc21)C(=O)O)NCc1cc(CSC(c2ccccc2)(c2ccccc2)c2ccccc2)cc(CSC(c2ccccc2)(c2ccccc2)c2ccccc2)c1. The fourth-order valence-corrected chi connectivity index (χ4v) is 13.4. The molecular formula is C66H56N2O5S2. The molecular weight excluding hydrogens is 965 g/mol. The van der Waals surface area contributed by atoms with Gasteiger partial charge in [-0.1, -0.05) is 249 Å². The van der Waals surface area contributed by atoms with Crippen molar-refractivity contribution in [3.63, 3.8) is 0 Å². The third-order valence-corrected chi connectivity index (χ3v) is 17.2. The van der Waals surface area contributed by atoms with Crippen LogP contribution in [-0.2, 0) is 41.9 Å². The maximum absolute atomic E-state index is 13.8. The second-order valence-electron chi connectivity index (χ2n) is 18.6. The van der Waals surface area contributed by atoms with Crippen molar-refractivity contribution in [2.45, 2.75) is 45.9 Å². The Morgan fingerprint density at radius 1 is 0.467 bits per heavy atom. The van der Waals surface area contributed by atoms with E-state index < -0.39 is 39.9 Å². The zero-order chi connectivity index (χ0) is 51.5. The lowest BCUT2D eigenvalue weighted by Gasteiger charge is -2.36. The van der Waals surface area contributed by atoms with E-state index in [4.69, 9.17) is 4.74 Å². The van der Waals surface area contributed by atoms with Crippen LogP contribution in [0.2, 0.25) is 0 Å². The van der Waals surface area contributed by atoms with Crippen molar-refractivity contribution in [2.24, 2.45) is 0 Å². The van der Waals surface area contributed by atoms with Crippen molar-refractivity contribution in [1.29, 1.82) is 0 Å². The average molecular weight is 1020 g/mol. The summed E-state index contributed by atoms with van der Waals surface area (Å²) in [4.78, 5) is 39.6. The number of rotatable bonds is 20. The molecule has 0 bridgehead atoms. The Kier molecular flexibility index (Phi) is 15.7. The van der Waals surface area contributed by atoms with Crippen molar-refractivity contribution in [1.82, 2.24) is 10.6 Å². The van der Waals surface area contributed by atoms with Gasteiger partial charge in [-0.15, -0.1) is 23.5 Å². The van der Waals surface area contributed by atoms with E-state index in [0.29, 0.717) is 11.5 Å². The number of fused-ring (bicyclic) bond motifs is 3. The molecule has 9 heteroatoms. The van der Waals surface area contributed by atoms with E-state index in [1.165, 1.54) is 0 Å². The Morgan fingerprint density at radius 2 is 0.800 bits per heavy atom. The number of ether oxygens (including phenoxy) is 1. The van der Waals surface area contributed by atoms with Crippen LogP contribution in [0.15, 0.2) is 249 Å². The summed E-state index contributed by atoms with van der Waals surface area (Å²) in [5.41, 5.74) is 14.2. The highest BCUT2D eigenvalue weighted by Crippen LogP contribution is 2.52. The average Bonchev–Trinajstić information content (AvgIpc) is 3.80. The van der Waals surface area contributed by atoms with Crippen molar-refractivity contribution in [3.8, 4) is 11.1 Å². The van der Waals surface area contributed by atoms with Crippen LogP contribution in [0.3, 0.4) is 0 Å². The molecule has 0 aliphatic heterocycles. The Labute approximate surface area is 447 Å². The smallest absolute Gasteiger partial charge is 0.407 e. The first-order chi connectivity index (χ1) is 36.8. The number of carboxylic acids is 1. The molecule has 3 N–H and O–H groups in total. The van der Waals surface area contributed by atoms with Crippen LogP contribution in [-0.4, -0.2) is 35.7 Å². The highest BCUT2D eigenvalue weighted by atomic mass is 32.2. The number of hydrogen-bond acceptors (Lipinski definition) is 6. The largest absolute Gasteiger partial charge is 0.480 e. The van der Waals surface area contributed by atoms with Crippen LogP contribution < -0.4 is 10.6 Å². The first-order valence-electron chi connectivity index (χ1n) is 25.2. The van der Waals surface area contributed by atoms with Crippen molar-refractivity contribution in [3.05, 3.63) is 310 Å². The molecule has 9 aromatic carbocycles. The fourth-order valence-electron chi connectivity index (χ4n) is 10.5. The van der Waals surface area contributed by atoms with Crippen LogP contribution in [0, 0.1) is 0 Å². The highest BCUT2D eigenvalue weighted by Gasteiger charge is 2.39. The molecule has 1 aliphatic rings. The van der Waals surface area contributed by atoms with Crippen molar-refractivity contribution < 1.29 is 24.2 Å². The van der Waals surface area contributed by atoms with Gasteiger partial charge in [0.2, 0.25) is 5.91 Å². The summed E-state index contributed by atoms with van der Waals surface area (Å²) >= 11 is 3.70. The lowest BCUT2D eigenvalue weighted by Crippen LogP contribution is -2.44. The summed E-state index contributed by atoms with van der Waals surface area (Å²) in [6.45, 7) is 0.147. The van der Waals surface area contributed by atoms with Crippen LogP contribution in [0.5, 0.6) is 0 Å². The monoisotopic (exact) mass is 1020 g/mol. The van der Waals surface area contributed by atoms with Crippen molar-refractivity contribution in [2.75, 3.05) is 6.61 Å². The zero-order valence-corrected chi connectivity index (χ0v) is 42.9. The molecule has 2 amide bonds. The predicted octanol–water partition coefficient (Wildman–Crippen LogP) is 14.1. The highest BCUT2D eigenvalue weighted by molar-refractivity contribution is 8.00. The number of benzene rings is 9. The molecule has 1 atom stereocenters. The maximum Gasteiger partial charge on any atom is 0.407 e. The van der Waals surface area contributed by atoms with E-state index in [1.54, 1.807) is 0 Å². The van der Waals surface area contributed by atoms with Gasteiger partial charge in [0.1, 0.15) is 12.6 Å². The number of nitrogens with one attached hydrogen (secondary N) is 2. The summed E-state index contributed by atoms with van der Waals surface area (Å²) in [5.74, 6) is -0.835. The van der Waals surface area contributed by atoms with E-state index in [-0.39, 0.29) is 19.1 Å². The molecule has 1 aliphatic carbocycles. The fraction of sp³-hybridized carbons (Fsp3) is 0.136. The van der Waals surface area contributed by atoms with Gasteiger partial charge in [0, 0.05) is 24.0 Å². The molecule has 75 heavy (non-hydrogen) atoms. The first-order valence-corrected chi connectivity index (χ1v) is 27.1. The van der Waals surface area contributed by atoms with E-state index in [0.717, 1.165) is 72.3 Å². The van der Waals surface area contributed by atoms with Crippen LogP contribution >= 0.6 is 23.5 Å². The van der Waals surface area contributed by atoms with Crippen LogP contribution in [0.4, 0.5) is 4.79 Å². The molecule has 0 unspecified atom stereocenters. The topological polar surface area (TPSA) is 105 Å². The normalized spacial score (nSPS) is 12.5. The van der Waals surface area contributed by atoms with Gasteiger partial charge in [0.05, 0.1) is 15.9 Å². The molecule has 10 rings (SSSR count). The van der Waals surface area contributed by atoms with Gasteiger partial charge in [-0.05, 0) is 72.3 Å². The summed E-state index contributed by atoms with van der Waals surface area (Å²) in [5, 5.41) is 15.7. The van der Waals surface area contributed by atoms with Crippen molar-refractivity contribution >= 4 is 41.5 Å². The molecule has 0 radical (unpaired) electrons. The molecule has 0 heterocycles. The van der Waals surface area contributed by atoms with Gasteiger partial charge in [-0.3, -0.25) is 4.79 Å². The van der Waals surface area contributed by atoms with E-state index >= 15 is 0 Å². The number of aliphatic carboxylic acids is 1. The third kappa shape index (κ3) is 11.1. The lowest BCUT2D eigenvalue weighted by molar-refractivity contribution is -0.141. The predicted molar refractivity (Wildman–Crippen MR) is 304 cm³/mol. The summed E-state index contributed by atoms with van der Waals surface area (Å²) in [6, 6.07) is 84.8. The van der Waals surface area contributed by atoms with E-state index in [9.17, 15) is 19.5 Å². The number of hydrogen-bond donors (Lipinski definition) is 3. The molecule has 372 valence electrons. The molecule has 0 saturated heterocycles. The Balaban J connectivity index is 0.932. The standard InChI is InChI=1S/C66H56N2O5S2/c69-62(42-61(63(70)71)68-64(72)73-44-60-58-37-21-19-35-56(58)57-36-20-22-38-59(57)60)67-43-47-39-48(45-74-65(50-23-7-1-8-24-50,51-25-9-2-10-26-51)52-27-11-3-12-28-52)41-49(40-47)46-75-66(53-29-13-4-14-30-53,54-31-15-5-16-32-54)55-33-17-6-18-34-55/h1-41,60-61H,42-46H2,(H,67,69)(H,68,72)(H,70,71)/t61-/m0/s1. The van der Waals surface area contributed by atoms with Gasteiger partial charge in [-0.2, -0.15) is 0 Å².